The molecule has 12 heavy (non-hydrogen) atoms. The second kappa shape index (κ2) is 3.68. The van der Waals surface area contributed by atoms with Crippen LogP contribution < -0.4 is 0 Å². The molecule has 0 atom stereocenters. The summed E-state index contributed by atoms with van der Waals surface area (Å²) in [6, 6.07) is 1.14. The molecule has 1 rings (SSSR count). The van der Waals surface area contributed by atoms with Gasteiger partial charge in [0.2, 0.25) is 5.78 Å². The second-order valence-corrected chi connectivity index (χ2v) is 4.19. The summed E-state index contributed by atoms with van der Waals surface area (Å²) >= 11 is 11.8. The zero-order valence-corrected chi connectivity index (χ0v) is 7.81. The normalized spacial score (nSPS) is 10.8. The van der Waals surface area contributed by atoms with E-state index in [9.17, 15) is 13.6 Å². The fraction of sp³-hybridized carbons (Fsp3) is 0.167. The molecule has 0 aliphatic rings. The van der Waals surface area contributed by atoms with Crippen LogP contribution in [-0.4, -0.2) is 12.2 Å². The monoisotopic (exact) mass is 230 g/mol. The minimum absolute atomic E-state index is 0.00491. The molecular formula is C6H2Cl2F2OS. The average molecular weight is 231 g/mol. The summed E-state index contributed by atoms with van der Waals surface area (Å²) in [6.45, 7) is 0. The van der Waals surface area contributed by atoms with Crippen molar-refractivity contribution in [1.29, 1.82) is 0 Å². The summed E-state index contributed by atoms with van der Waals surface area (Å²) in [6.07, 6.45) is -3.03. The van der Waals surface area contributed by atoms with E-state index in [1.807, 2.05) is 0 Å². The van der Waals surface area contributed by atoms with Gasteiger partial charge in [0.05, 0.1) is 9.90 Å². The van der Waals surface area contributed by atoms with Crippen molar-refractivity contribution in [2.24, 2.45) is 0 Å². The highest BCUT2D eigenvalue weighted by atomic mass is 35.5. The molecule has 1 nitrogen and oxygen atoms in total. The number of ketones is 1. The second-order valence-electron chi connectivity index (χ2n) is 1.90. The number of alkyl halides is 2. The highest BCUT2D eigenvalue weighted by Gasteiger charge is 2.22. The molecule has 0 spiro atoms. The molecule has 0 unspecified atom stereocenters. The summed E-state index contributed by atoms with van der Waals surface area (Å²) in [5.74, 6) is -1.29. The molecule has 6 heteroatoms. The Labute approximate surface area is 80.9 Å². The van der Waals surface area contributed by atoms with Crippen LogP contribution >= 0.6 is 34.5 Å². The third-order valence-corrected chi connectivity index (χ3v) is 2.61. The Morgan fingerprint density at radius 2 is 2.08 bits per heavy atom. The van der Waals surface area contributed by atoms with E-state index >= 15 is 0 Å². The number of hydrogen-bond donors (Lipinski definition) is 0. The van der Waals surface area contributed by atoms with Crippen molar-refractivity contribution in [2.45, 2.75) is 6.43 Å². The smallest absolute Gasteiger partial charge is 0.288 e. The van der Waals surface area contributed by atoms with Crippen LogP contribution in [0.15, 0.2) is 6.07 Å². The van der Waals surface area contributed by atoms with Gasteiger partial charge in [-0.25, -0.2) is 8.78 Å². The van der Waals surface area contributed by atoms with Crippen molar-refractivity contribution in [3.8, 4) is 0 Å². The van der Waals surface area contributed by atoms with Gasteiger partial charge in [-0.1, -0.05) is 23.2 Å². The molecule has 0 aliphatic heterocycles. The lowest BCUT2D eigenvalue weighted by atomic mass is 10.2. The first-order valence-electron chi connectivity index (χ1n) is 2.79. The van der Waals surface area contributed by atoms with E-state index in [1.54, 1.807) is 0 Å². The van der Waals surface area contributed by atoms with Gasteiger partial charge in [-0.05, 0) is 6.07 Å². The van der Waals surface area contributed by atoms with Gasteiger partial charge in [-0.3, -0.25) is 4.79 Å². The van der Waals surface area contributed by atoms with Gasteiger partial charge in [0.15, 0.2) is 0 Å². The predicted octanol–water partition coefficient (Wildman–Crippen LogP) is 3.50. The van der Waals surface area contributed by atoms with Crippen LogP contribution in [0, 0.1) is 0 Å². The Morgan fingerprint density at radius 1 is 1.50 bits per heavy atom. The Hall–Kier alpha value is -0.190. The van der Waals surface area contributed by atoms with Crippen molar-refractivity contribution in [3.05, 3.63) is 20.3 Å². The fourth-order valence-corrected chi connectivity index (χ4v) is 2.10. The largest absolute Gasteiger partial charge is 0.300 e. The van der Waals surface area contributed by atoms with Crippen LogP contribution in [0.3, 0.4) is 0 Å². The molecule has 1 heterocycles. The number of hydrogen-bond acceptors (Lipinski definition) is 2. The number of carbonyl (C=O) groups excluding carboxylic acids is 1. The first kappa shape index (κ1) is 9.89. The van der Waals surface area contributed by atoms with Crippen molar-refractivity contribution in [3.63, 3.8) is 0 Å². The lowest BCUT2D eigenvalue weighted by Crippen LogP contribution is -2.09. The van der Waals surface area contributed by atoms with Crippen LogP contribution in [0.1, 0.15) is 10.4 Å². The van der Waals surface area contributed by atoms with E-state index < -0.39 is 12.2 Å². The van der Waals surface area contributed by atoms with Crippen LogP contribution in [0.25, 0.3) is 0 Å². The zero-order chi connectivity index (χ0) is 9.30. The maximum atomic E-state index is 11.9. The molecule has 1 aromatic rings. The highest BCUT2D eigenvalue weighted by molar-refractivity contribution is 7.20. The van der Waals surface area contributed by atoms with E-state index in [0.29, 0.717) is 0 Å². The molecule has 0 saturated heterocycles. The molecule has 0 saturated carbocycles. The number of thiophene rings is 1. The molecule has 0 aromatic carbocycles. The maximum absolute atomic E-state index is 11.9. The van der Waals surface area contributed by atoms with Gasteiger partial charge in [0.1, 0.15) is 4.34 Å². The number of carbonyl (C=O) groups is 1. The standard InChI is InChI=1S/C6H2Cl2F2OS/c7-3-1-2(5(8)12-3)4(11)6(9)10/h1,6H. The molecule has 0 radical (unpaired) electrons. The van der Waals surface area contributed by atoms with Crippen molar-refractivity contribution in [2.75, 3.05) is 0 Å². The topological polar surface area (TPSA) is 17.1 Å². The van der Waals surface area contributed by atoms with E-state index in [2.05, 4.69) is 0 Å². The minimum Gasteiger partial charge on any atom is -0.288 e. The van der Waals surface area contributed by atoms with E-state index in [0.717, 1.165) is 17.4 Å². The Kier molecular flexibility index (Phi) is 3.04. The van der Waals surface area contributed by atoms with Gasteiger partial charge < -0.3 is 0 Å². The Morgan fingerprint density at radius 3 is 2.42 bits per heavy atom. The Bertz CT molecular complexity index is 310. The van der Waals surface area contributed by atoms with Crippen molar-refractivity contribution in [1.82, 2.24) is 0 Å². The molecule has 66 valence electrons. The van der Waals surface area contributed by atoms with Gasteiger partial charge in [0.25, 0.3) is 0 Å². The number of halogens is 4. The molecule has 0 N–H and O–H groups in total. The SMILES string of the molecule is O=C(c1cc(Cl)sc1Cl)C(F)F. The maximum Gasteiger partial charge on any atom is 0.300 e. The van der Waals surface area contributed by atoms with Gasteiger partial charge >= 0.3 is 6.43 Å². The molecule has 0 fully saturated rings. The van der Waals surface area contributed by atoms with Crippen LogP contribution in [0.2, 0.25) is 8.67 Å². The lowest BCUT2D eigenvalue weighted by Gasteiger charge is -1.94. The first-order chi connectivity index (χ1) is 5.52. The summed E-state index contributed by atoms with van der Waals surface area (Å²) in [5.41, 5.74) is -0.207. The molecule has 0 amide bonds. The average Bonchev–Trinajstić information content (AvgIpc) is 2.28. The van der Waals surface area contributed by atoms with E-state index in [4.69, 9.17) is 23.2 Å². The van der Waals surface area contributed by atoms with Crippen LogP contribution in [0.4, 0.5) is 8.78 Å². The number of Topliss-reactive ketones (excluding diaryl/α,β-unsaturated/α-hetero) is 1. The van der Waals surface area contributed by atoms with Crippen LogP contribution in [0.5, 0.6) is 0 Å². The number of rotatable bonds is 2. The summed E-state index contributed by atoms with van der Waals surface area (Å²) in [5, 5.41) is 0. The van der Waals surface area contributed by atoms with Crippen LogP contribution in [-0.2, 0) is 0 Å². The lowest BCUT2D eigenvalue weighted by molar-refractivity contribution is 0.0679. The molecular weight excluding hydrogens is 229 g/mol. The summed E-state index contributed by atoms with van der Waals surface area (Å²) in [7, 11) is 0. The Balaban J connectivity index is 3.02. The molecule has 1 aromatic heterocycles. The molecule has 0 bridgehead atoms. The fourth-order valence-electron chi connectivity index (χ4n) is 0.626. The van der Waals surface area contributed by atoms with E-state index in [-0.39, 0.29) is 14.2 Å². The summed E-state index contributed by atoms with van der Waals surface area (Å²) < 4.78 is 23.9. The van der Waals surface area contributed by atoms with Gasteiger partial charge in [-0.2, -0.15) is 0 Å². The quantitative estimate of drug-likeness (QED) is 0.712. The predicted molar refractivity (Wildman–Crippen MR) is 44.7 cm³/mol. The van der Waals surface area contributed by atoms with Crippen molar-refractivity contribution < 1.29 is 13.6 Å². The van der Waals surface area contributed by atoms with Crippen molar-refractivity contribution >= 4 is 40.3 Å². The van der Waals surface area contributed by atoms with Gasteiger partial charge in [-0.15, -0.1) is 11.3 Å². The third kappa shape index (κ3) is 1.94. The molecule has 0 aliphatic carbocycles. The third-order valence-electron chi connectivity index (χ3n) is 1.12. The van der Waals surface area contributed by atoms with E-state index in [1.165, 1.54) is 0 Å². The van der Waals surface area contributed by atoms with Gasteiger partial charge in [0, 0.05) is 0 Å². The minimum atomic E-state index is -3.03. The highest BCUT2D eigenvalue weighted by Crippen LogP contribution is 2.32. The summed E-state index contributed by atoms with van der Waals surface area (Å²) in [4.78, 5) is 10.7. The first-order valence-corrected chi connectivity index (χ1v) is 4.37. The zero-order valence-electron chi connectivity index (χ0n) is 5.48.